The summed E-state index contributed by atoms with van der Waals surface area (Å²) >= 11 is 0. The van der Waals surface area contributed by atoms with Gasteiger partial charge in [0.05, 0.1) is 6.07 Å². The zero-order valence-electron chi connectivity index (χ0n) is 4.41. The van der Waals surface area contributed by atoms with Crippen LogP contribution in [0.15, 0.2) is 0 Å². The first-order valence-corrected chi connectivity index (χ1v) is 2.31. The Labute approximate surface area is 45.9 Å². The average Bonchev–Trinajstić information content (AvgIpc) is 2.10. The number of nitriles is 1. The zero-order chi connectivity index (χ0) is 6.41. The summed E-state index contributed by atoms with van der Waals surface area (Å²) in [5, 5.41) is 8.07. The van der Waals surface area contributed by atoms with Crippen LogP contribution in [-0.2, 0) is 0 Å². The molecule has 44 valence electrons. The number of alkyl halides is 2. The molecule has 0 radical (unpaired) electrons. The first-order chi connectivity index (χ1) is 3.52. The SMILES string of the molecule is CC1(C#N)CC1(F)F. The fourth-order valence-corrected chi connectivity index (χ4v) is 0.521. The molecule has 1 atom stereocenters. The van der Waals surface area contributed by atoms with Crippen LogP contribution in [0.25, 0.3) is 0 Å². The Morgan fingerprint density at radius 2 is 2.00 bits per heavy atom. The van der Waals surface area contributed by atoms with E-state index in [-0.39, 0.29) is 6.42 Å². The molecule has 0 N–H and O–H groups in total. The second kappa shape index (κ2) is 1.02. The largest absolute Gasteiger partial charge is 0.268 e. The van der Waals surface area contributed by atoms with Crippen LogP contribution in [0.4, 0.5) is 8.78 Å². The third-order valence-electron chi connectivity index (χ3n) is 1.50. The summed E-state index contributed by atoms with van der Waals surface area (Å²) in [6.07, 6.45) is -0.267. The number of halogens is 2. The van der Waals surface area contributed by atoms with Crippen molar-refractivity contribution in [1.82, 2.24) is 0 Å². The monoisotopic (exact) mass is 117 g/mol. The van der Waals surface area contributed by atoms with Crippen molar-refractivity contribution in [3.05, 3.63) is 0 Å². The van der Waals surface area contributed by atoms with Crippen molar-refractivity contribution in [2.24, 2.45) is 5.41 Å². The number of rotatable bonds is 0. The van der Waals surface area contributed by atoms with Crippen LogP contribution >= 0.6 is 0 Å². The number of hydrogen-bond acceptors (Lipinski definition) is 1. The Morgan fingerprint density at radius 1 is 1.62 bits per heavy atom. The molecule has 1 saturated carbocycles. The lowest BCUT2D eigenvalue weighted by Gasteiger charge is -1.93. The highest BCUT2D eigenvalue weighted by Crippen LogP contribution is 2.59. The van der Waals surface area contributed by atoms with Gasteiger partial charge >= 0.3 is 0 Å². The van der Waals surface area contributed by atoms with Crippen molar-refractivity contribution in [3.63, 3.8) is 0 Å². The van der Waals surface area contributed by atoms with E-state index in [1.54, 1.807) is 6.07 Å². The van der Waals surface area contributed by atoms with E-state index >= 15 is 0 Å². The molecule has 0 spiro atoms. The summed E-state index contributed by atoms with van der Waals surface area (Å²) in [6, 6.07) is 1.56. The highest BCUT2D eigenvalue weighted by atomic mass is 19.3. The highest BCUT2D eigenvalue weighted by molar-refractivity contribution is 5.19. The lowest BCUT2D eigenvalue weighted by atomic mass is 10.2. The fourth-order valence-electron chi connectivity index (χ4n) is 0.521. The van der Waals surface area contributed by atoms with Crippen LogP contribution in [0, 0.1) is 16.7 Å². The maximum atomic E-state index is 12.0. The Bertz CT molecular complexity index is 158. The van der Waals surface area contributed by atoms with Gasteiger partial charge in [0.2, 0.25) is 0 Å². The topological polar surface area (TPSA) is 23.8 Å². The molecular weight excluding hydrogens is 112 g/mol. The lowest BCUT2D eigenvalue weighted by molar-refractivity contribution is 0.0865. The molecule has 0 aromatic rings. The Kier molecular flexibility index (Phi) is 0.699. The summed E-state index contributed by atoms with van der Waals surface area (Å²) in [5.74, 6) is -2.71. The maximum absolute atomic E-state index is 12.0. The predicted molar refractivity (Wildman–Crippen MR) is 23.3 cm³/mol. The van der Waals surface area contributed by atoms with Crippen LogP contribution in [-0.4, -0.2) is 5.92 Å². The first-order valence-electron chi connectivity index (χ1n) is 2.31. The second-order valence-electron chi connectivity index (χ2n) is 2.33. The average molecular weight is 117 g/mol. The van der Waals surface area contributed by atoms with Crippen molar-refractivity contribution in [2.45, 2.75) is 19.3 Å². The maximum Gasteiger partial charge on any atom is 0.268 e. The molecule has 1 rings (SSSR count). The Hall–Kier alpha value is -0.650. The summed E-state index contributed by atoms with van der Waals surface area (Å²) < 4.78 is 23.9. The third-order valence-corrected chi connectivity index (χ3v) is 1.50. The molecule has 1 nitrogen and oxygen atoms in total. The standard InChI is InChI=1S/C5H5F2N/c1-4(3-8)2-5(4,6)7/h2H2,1H3. The van der Waals surface area contributed by atoms with Gasteiger partial charge in [0, 0.05) is 6.42 Å². The van der Waals surface area contributed by atoms with Crippen molar-refractivity contribution >= 4 is 0 Å². The van der Waals surface area contributed by atoms with Gasteiger partial charge in [-0.1, -0.05) is 0 Å². The molecule has 0 bridgehead atoms. The highest BCUT2D eigenvalue weighted by Gasteiger charge is 2.69. The molecule has 0 aromatic carbocycles. The van der Waals surface area contributed by atoms with E-state index in [2.05, 4.69) is 0 Å². The molecule has 1 fully saturated rings. The van der Waals surface area contributed by atoms with Gasteiger partial charge in [-0.15, -0.1) is 0 Å². The molecule has 0 aromatic heterocycles. The van der Waals surface area contributed by atoms with Gasteiger partial charge in [0.15, 0.2) is 0 Å². The van der Waals surface area contributed by atoms with Gasteiger partial charge in [-0.25, -0.2) is 8.78 Å². The summed E-state index contributed by atoms with van der Waals surface area (Å²) in [5.41, 5.74) is -1.34. The third kappa shape index (κ3) is 0.430. The Morgan fingerprint density at radius 3 is 2.00 bits per heavy atom. The molecule has 0 heterocycles. The van der Waals surface area contributed by atoms with E-state index in [1.165, 1.54) is 6.92 Å². The van der Waals surface area contributed by atoms with Crippen molar-refractivity contribution < 1.29 is 8.78 Å². The van der Waals surface area contributed by atoms with E-state index in [1.807, 2.05) is 0 Å². The second-order valence-corrected chi connectivity index (χ2v) is 2.33. The lowest BCUT2D eigenvalue weighted by Crippen LogP contribution is -2.01. The van der Waals surface area contributed by atoms with Crippen LogP contribution < -0.4 is 0 Å². The quantitative estimate of drug-likeness (QED) is 0.472. The van der Waals surface area contributed by atoms with Crippen LogP contribution in [0.2, 0.25) is 0 Å². The molecule has 0 amide bonds. The van der Waals surface area contributed by atoms with Crippen molar-refractivity contribution in [2.75, 3.05) is 0 Å². The minimum atomic E-state index is -2.71. The summed E-state index contributed by atoms with van der Waals surface area (Å²) in [6.45, 7) is 1.27. The molecule has 8 heavy (non-hydrogen) atoms. The number of nitrogens with zero attached hydrogens (tertiary/aromatic N) is 1. The van der Waals surface area contributed by atoms with E-state index in [4.69, 9.17) is 5.26 Å². The summed E-state index contributed by atoms with van der Waals surface area (Å²) in [4.78, 5) is 0. The molecule has 1 aliphatic rings. The normalized spacial score (nSPS) is 40.8. The van der Waals surface area contributed by atoms with Crippen LogP contribution in [0.3, 0.4) is 0 Å². The van der Waals surface area contributed by atoms with E-state index in [0.717, 1.165) is 0 Å². The van der Waals surface area contributed by atoms with E-state index in [0.29, 0.717) is 0 Å². The fraction of sp³-hybridized carbons (Fsp3) is 0.800. The van der Waals surface area contributed by atoms with Gasteiger partial charge in [0.25, 0.3) is 5.92 Å². The molecule has 1 unspecified atom stereocenters. The van der Waals surface area contributed by atoms with E-state index in [9.17, 15) is 8.78 Å². The molecule has 0 aliphatic heterocycles. The Balaban J connectivity index is 2.72. The zero-order valence-corrected chi connectivity index (χ0v) is 4.41. The van der Waals surface area contributed by atoms with Gasteiger partial charge in [-0.3, -0.25) is 0 Å². The van der Waals surface area contributed by atoms with E-state index < -0.39 is 11.3 Å². The summed E-state index contributed by atoms with van der Waals surface area (Å²) in [7, 11) is 0. The van der Waals surface area contributed by atoms with Gasteiger partial charge in [-0.2, -0.15) is 5.26 Å². The van der Waals surface area contributed by atoms with Gasteiger partial charge in [-0.05, 0) is 6.92 Å². The molecular formula is C5H5F2N. The molecule has 3 heteroatoms. The smallest absolute Gasteiger partial charge is 0.205 e. The minimum Gasteiger partial charge on any atom is -0.205 e. The van der Waals surface area contributed by atoms with Crippen LogP contribution in [0.1, 0.15) is 13.3 Å². The molecule has 1 aliphatic carbocycles. The van der Waals surface area contributed by atoms with Crippen LogP contribution in [0.5, 0.6) is 0 Å². The van der Waals surface area contributed by atoms with Crippen molar-refractivity contribution in [1.29, 1.82) is 5.26 Å². The minimum absolute atomic E-state index is 0.267. The van der Waals surface area contributed by atoms with Crippen molar-refractivity contribution in [3.8, 4) is 6.07 Å². The van der Waals surface area contributed by atoms with Gasteiger partial charge in [0.1, 0.15) is 5.41 Å². The predicted octanol–water partition coefficient (Wildman–Crippen LogP) is 1.56. The molecule has 0 saturated heterocycles. The number of hydrogen-bond donors (Lipinski definition) is 0. The first kappa shape index (κ1) is 5.49. The van der Waals surface area contributed by atoms with Gasteiger partial charge < -0.3 is 0 Å².